The van der Waals surface area contributed by atoms with Gasteiger partial charge in [-0.15, -0.1) is 0 Å². The van der Waals surface area contributed by atoms with Gasteiger partial charge < -0.3 is 14.8 Å². The number of hydrogen-bond donors (Lipinski definition) is 0. The number of nitrogens with zero attached hydrogens (tertiary/aromatic N) is 1. The number of alkyl halides is 3. The van der Waals surface area contributed by atoms with Crippen LogP contribution >= 0.6 is 0 Å². The topological polar surface area (TPSA) is 86.7 Å². The summed E-state index contributed by atoms with van der Waals surface area (Å²) in [6, 6.07) is 0. The lowest BCUT2D eigenvalue weighted by Crippen LogP contribution is -2.51. The van der Waals surface area contributed by atoms with Gasteiger partial charge >= 0.3 is 15.6 Å². The van der Waals surface area contributed by atoms with Crippen molar-refractivity contribution >= 4 is 16.2 Å². The molecular formula is C7H7F3NO5S-. The lowest BCUT2D eigenvalue weighted by atomic mass is 10.2. The molecule has 0 aliphatic carbocycles. The zero-order valence-electron chi connectivity index (χ0n) is 8.18. The Kier molecular flexibility index (Phi) is 3.67. The van der Waals surface area contributed by atoms with Gasteiger partial charge in [-0.2, -0.15) is 21.6 Å². The van der Waals surface area contributed by atoms with Crippen LogP contribution in [0, 0.1) is 0 Å². The molecule has 0 aromatic heterocycles. The first kappa shape index (κ1) is 13.8. The smallest absolute Gasteiger partial charge is 0.523 e. The lowest BCUT2D eigenvalue weighted by molar-refractivity contribution is -0.272. The Morgan fingerprint density at radius 2 is 2.00 bits per heavy atom. The zero-order chi connectivity index (χ0) is 13.3. The number of halogens is 3. The normalized spacial score (nSPS) is 21.6. The van der Waals surface area contributed by atoms with Crippen LogP contribution in [-0.2, 0) is 14.3 Å². The molecular weight excluding hydrogens is 267 g/mol. The maximum absolute atomic E-state index is 12.0. The monoisotopic (exact) mass is 274 g/mol. The van der Waals surface area contributed by atoms with E-state index in [1.807, 2.05) is 0 Å². The summed E-state index contributed by atoms with van der Waals surface area (Å²) in [6.07, 6.45) is -1.21. The Hall–Kier alpha value is -1.29. The molecule has 0 aromatic carbocycles. The molecule has 0 aromatic rings. The lowest BCUT2D eigenvalue weighted by Gasteiger charge is -2.33. The Morgan fingerprint density at radius 1 is 1.41 bits per heavy atom. The third-order valence-electron chi connectivity index (χ3n) is 1.91. The van der Waals surface area contributed by atoms with E-state index in [-0.39, 0.29) is 13.0 Å². The van der Waals surface area contributed by atoms with E-state index in [2.05, 4.69) is 4.18 Å². The largest absolute Gasteiger partial charge is 0.530 e. The van der Waals surface area contributed by atoms with E-state index in [9.17, 15) is 31.5 Å². The molecule has 0 bridgehead atoms. The van der Waals surface area contributed by atoms with Gasteiger partial charge in [-0.25, -0.2) is 4.18 Å². The molecule has 10 heteroatoms. The maximum atomic E-state index is 12.0. The average Bonchev–Trinajstić information content (AvgIpc) is 2.15. The van der Waals surface area contributed by atoms with Gasteiger partial charge in [0.2, 0.25) is 0 Å². The van der Waals surface area contributed by atoms with Crippen LogP contribution in [-0.4, -0.2) is 37.7 Å². The molecule has 1 aliphatic heterocycles. The summed E-state index contributed by atoms with van der Waals surface area (Å²) in [5, 5.41) is 10.5. The summed E-state index contributed by atoms with van der Waals surface area (Å²) in [6.45, 7) is -0.291. The fourth-order valence-electron chi connectivity index (χ4n) is 1.13. The third-order valence-corrected chi connectivity index (χ3v) is 2.95. The molecule has 1 rings (SSSR count). The molecule has 1 heterocycles. The average molecular weight is 274 g/mol. The quantitative estimate of drug-likeness (QED) is 0.395. The number of hydrogen-bond acceptors (Lipinski definition) is 5. The molecule has 98 valence electrons. The van der Waals surface area contributed by atoms with Crippen LogP contribution < -0.4 is 5.11 Å². The van der Waals surface area contributed by atoms with Crippen LogP contribution in [0.5, 0.6) is 0 Å². The second-order valence-corrected chi connectivity index (χ2v) is 4.64. The Labute approximate surface area is 94.4 Å². The summed E-state index contributed by atoms with van der Waals surface area (Å²) in [5.41, 5.74) is -5.59. The number of rotatable bonds is 2. The van der Waals surface area contributed by atoms with E-state index < -0.39 is 27.9 Å². The van der Waals surface area contributed by atoms with Crippen LogP contribution in [0.4, 0.5) is 18.0 Å². The molecule has 0 saturated carbocycles. The molecule has 0 radical (unpaired) electrons. The number of carbonyl (C=O) groups excluding carboxylic acids is 1. The molecule has 0 N–H and O–H groups in total. The first-order chi connectivity index (χ1) is 7.65. The van der Waals surface area contributed by atoms with Crippen LogP contribution in [0.15, 0.2) is 12.2 Å². The van der Waals surface area contributed by atoms with Gasteiger partial charge in [0.1, 0.15) is 6.09 Å². The second kappa shape index (κ2) is 4.53. The minimum Gasteiger partial charge on any atom is -0.530 e. The van der Waals surface area contributed by atoms with Gasteiger partial charge in [-0.3, -0.25) is 0 Å². The molecule has 17 heavy (non-hydrogen) atoms. The highest BCUT2D eigenvalue weighted by Crippen LogP contribution is 2.27. The van der Waals surface area contributed by atoms with Crippen LogP contribution in [0.25, 0.3) is 0 Å². The van der Waals surface area contributed by atoms with Gasteiger partial charge in [0.15, 0.2) is 6.23 Å². The first-order valence-corrected chi connectivity index (χ1v) is 5.68. The van der Waals surface area contributed by atoms with Gasteiger partial charge in [-0.05, 0) is 0 Å². The van der Waals surface area contributed by atoms with Crippen molar-refractivity contribution in [1.82, 2.24) is 4.90 Å². The summed E-state index contributed by atoms with van der Waals surface area (Å²) < 4.78 is 61.2. The molecule has 0 saturated heterocycles. The van der Waals surface area contributed by atoms with Crippen LogP contribution in [0.1, 0.15) is 6.42 Å². The van der Waals surface area contributed by atoms with Gasteiger partial charge in [0.05, 0.1) is 0 Å². The Morgan fingerprint density at radius 3 is 2.47 bits per heavy atom. The van der Waals surface area contributed by atoms with E-state index in [0.717, 1.165) is 0 Å². The van der Waals surface area contributed by atoms with Crippen molar-refractivity contribution in [3.63, 3.8) is 0 Å². The van der Waals surface area contributed by atoms with Gasteiger partial charge in [-0.1, -0.05) is 12.2 Å². The maximum Gasteiger partial charge on any atom is 0.523 e. The first-order valence-electron chi connectivity index (χ1n) is 4.27. The van der Waals surface area contributed by atoms with Crippen molar-refractivity contribution in [2.24, 2.45) is 0 Å². The summed E-state index contributed by atoms with van der Waals surface area (Å²) in [4.78, 5) is 10.9. The summed E-state index contributed by atoms with van der Waals surface area (Å²) in [7, 11) is -5.83. The highest BCUT2D eigenvalue weighted by molar-refractivity contribution is 7.87. The predicted octanol–water partition coefficient (Wildman–Crippen LogP) is -0.216. The van der Waals surface area contributed by atoms with Crippen LogP contribution in [0.2, 0.25) is 0 Å². The van der Waals surface area contributed by atoms with E-state index in [1.165, 1.54) is 12.2 Å². The number of amides is 1. The molecule has 0 fully saturated rings. The van der Waals surface area contributed by atoms with Crippen molar-refractivity contribution < 1.29 is 35.7 Å². The summed E-state index contributed by atoms with van der Waals surface area (Å²) in [5.74, 6) is 0. The number of carboxylic acid groups (broad SMARTS) is 1. The van der Waals surface area contributed by atoms with Crippen molar-refractivity contribution in [3.05, 3.63) is 12.2 Å². The molecule has 1 atom stereocenters. The highest BCUT2D eigenvalue weighted by Gasteiger charge is 2.49. The molecule has 0 spiro atoms. The van der Waals surface area contributed by atoms with Gasteiger partial charge in [0.25, 0.3) is 0 Å². The molecule has 6 nitrogen and oxygen atoms in total. The predicted molar refractivity (Wildman–Crippen MR) is 45.7 cm³/mol. The number of carbonyl (C=O) groups is 1. The van der Waals surface area contributed by atoms with Crippen molar-refractivity contribution in [2.45, 2.75) is 18.2 Å². The van der Waals surface area contributed by atoms with E-state index in [4.69, 9.17) is 0 Å². The Bertz CT molecular complexity index is 429. The SMILES string of the molecule is O=C([O-])N1CC=CCC1OS(=O)(=O)C(F)(F)F. The fraction of sp³-hybridized carbons (Fsp3) is 0.571. The minimum absolute atomic E-state index is 0.291. The van der Waals surface area contributed by atoms with E-state index in [0.29, 0.717) is 4.90 Å². The molecule has 1 aliphatic rings. The van der Waals surface area contributed by atoms with Crippen LogP contribution in [0.3, 0.4) is 0 Å². The Balaban J connectivity index is 2.87. The third kappa shape index (κ3) is 3.09. The molecule has 1 unspecified atom stereocenters. The van der Waals surface area contributed by atoms with E-state index in [1.54, 1.807) is 0 Å². The fourth-order valence-corrected chi connectivity index (χ4v) is 1.71. The minimum atomic E-state index is -5.83. The van der Waals surface area contributed by atoms with Crippen molar-refractivity contribution in [1.29, 1.82) is 0 Å². The highest BCUT2D eigenvalue weighted by atomic mass is 32.2. The van der Waals surface area contributed by atoms with Crippen molar-refractivity contribution in [2.75, 3.05) is 6.54 Å². The second-order valence-electron chi connectivity index (χ2n) is 3.08. The zero-order valence-corrected chi connectivity index (χ0v) is 8.99. The molecule has 1 amide bonds. The van der Waals surface area contributed by atoms with Gasteiger partial charge in [0, 0.05) is 13.0 Å². The summed E-state index contributed by atoms with van der Waals surface area (Å²) >= 11 is 0. The standard InChI is InChI=1S/C7H8F3NO5S/c8-7(9,10)17(14,15)16-5-3-1-2-4-11(5)6(12)13/h1-2,5H,3-4H2,(H,12,13)/p-1. The van der Waals surface area contributed by atoms with Crippen molar-refractivity contribution in [3.8, 4) is 0 Å². The van der Waals surface area contributed by atoms with E-state index >= 15 is 0 Å².